The van der Waals surface area contributed by atoms with Gasteiger partial charge in [0.25, 0.3) is 0 Å². The molecule has 1 aliphatic rings. The van der Waals surface area contributed by atoms with Gasteiger partial charge in [-0.3, -0.25) is 9.58 Å². The molecule has 1 saturated heterocycles. The number of aryl methyl sites for hydroxylation is 1. The number of rotatable bonds is 6. The summed E-state index contributed by atoms with van der Waals surface area (Å²) >= 11 is 0. The number of piperazine rings is 1. The molecule has 0 unspecified atom stereocenters. The minimum Gasteiger partial charge on any atom is -0.383 e. The third kappa shape index (κ3) is 4.80. The second-order valence-corrected chi connectivity index (χ2v) is 6.11. The fraction of sp³-hybridized carbons (Fsp3) is 0.562. The van der Waals surface area contributed by atoms with E-state index in [1.807, 2.05) is 17.9 Å². The molecular formula is C16H24N6O3. The molecule has 9 nitrogen and oxygen atoms in total. The Bertz CT molecular complexity index is 690. The number of amides is 2. The highest BCUT2D eigenvalue weighted by Crippen LogP contribution is 2.12. The maximum atomic E-state index is 12.4. The Morgan fingerprint density at radius 1 is 1.36 bits per heavy atom. The van der Waals surface area contributed by atoms with Crippen LogP contribution in [0.25, 0.3) is 0 Å². The lowest BCUT2D eigenvalue weighted by Gasteiger charge is -2.33. The molecule has 0 spiro atoms. The third-order valence-electron chi connectivity index (χ3n) is 4.12. The molecule has 136 valence electrons. The monoisotopic (exact) mass is 348 g/mol. The summed E-state index contributed by atoms with van der Waals surface area (Å²) in [6.07, 6.45) is 3.45. The highest BCUT2D eigenvalue weighted by Gasteiger charge is 2.22. The van der Waals surface area contributed by atoms with Crippen molar-refractivity contribution in [2.75, 3.05) is 45.2 Å². The van der Waals surface area contributed by atoms with Gasteiger partial charge in [-0.25, -0.2) is 4.79 Å². The van der Waals surface area contributed by atoms with Crippen molar-refractivity contribution in [1.29, 1.82) is 0 Å². The number of urea groups is 1. The van der Waals surface area contributed by atoms with Crippen LogP contribution in [0.2, 0.25) is 0 Å². The molecule has 0 atom stereocenters. The van der Waals surface area contributed by atoms with E-state index in [1.165, 1.54) is 0 Å². The van der Waals surface area contributed by atoms with E-state index < -0.39 is 0 Å². The average molecular weight is 348 g/mol. The fourth-order valence-electron chi connectivity index (χ4n) is 2.76. The minimum absolute atomic E-state index is 0.0959. The Kier molecular flexibility index (Phi) is 5.67. The van der Waals surface area contributed by atoms with E-state index in [0.29, 0.717) is 31.9 Å². The van der Waals surface area contributed by atoms with Crippen LogP contribution in [-0.4, -0.2) is 70.7 Å². The van der Waals surface area contributed by atoms with E-state index in [0.717, 1.165) is 31.1 Å². The molecule has 0 aromatic carbocycles. The number of anilines is 1. The summed E-state index contributed by atoms with van der Waals surface area (Å²) < 4.78 is 12.0. The van der Waals surface area contributed by atoms with Crippen LogP contribution in [0.4, 0.5) is 10.5 Å². The maximum Gasteiger partial charge on any atom is 0.322 e. The van der Waals surface area contributed by atoms with E-state index in [-0.39, 0.29) is 6.03 Å². The van der Waals surface area contributed by atoms with Crippen LogP contribution in [0.15, 0.2) is 23.0 Å². The van der Waals surface area contributed by atoms with E-state index in [9.17, 15) is 4.79 Å². The summed E-state index contributed by atoms with van der Waals surface area (Å²) in [6, 6.07) is 1.85. The molecule has 25 heavy (non-hydrogen) atoms. The third-order valence-corrected chi connectivity index (χ3v) is 4.12. The van der Waals surface area contributed by atoms with Crippen LogP contribution in [0.5, 0.6) is 0 Å². The van der Waals surface area contributed by atoms with Crippen molar-refractivity contribution in [3.63, 3.8) is 0 Å². The Labute approximate surface area is 146 Å². The van der Waals surface area contributed by atoms with Crippen molar-refractivity contribution in [3.05, 3.63) is 29.9 Å². The smallest absolute Gasteiger partial charge is 0.322 e. The summed E-state index contributed by atoms with van der Waals surface area (Å²) in [4.78, 5) is 16.4. The van der Waals surface area contributed by atoms with Crippen LogP contribution in [0, 0.1) is 6.92 Å². The summed E-state index contributed by atoms with van der Waals surface area (Å²) in [7, 11) is 1.65. The summed E-state index contributed by atoms with van der Waals surface area (Å²) in [5, 5.41) is 11.0. The predicted molar refractivity (Wildman–Crippen MR) is 91.2 cm³/mol. The Morgan fingerprint density at radius 3 is 2.84 bits per heavy atom. The number of ether oxygens (including phenoxy) is 1. The second kappa shape index (κ2) is 8.13. The van der Waals surface area contributed by atoms with Gasteiger partial charge in [0.1, 0.15) is 0 Å². The Morgan fingerprint density at radius 2 is 2.16 bits per heavy atom. The molecule has 3 heterocycles. The molecule has 0 saturated carbocycles. The first-order valence-electron chi connectivity index (χ1n) is 8.36. The van der Waals surface area contributed by atoms with Crippen LogP contribution >= 0.6 is 0 Å². The standard InChI is InChI=1S/C16H24N6O3/c1-13-9-15(25-19-13)12-20-3-5-21(6-4-20)16(23)18-14-10-17-22(11-14)7-8-24-2/h9-11H,3-8,12H2,1-2H3,(H,18,23). The molecule has 0 radical (unpaired) electrons. The van der Waals surface area contributed by atoms with Gasteiger partial charge in [-0.2, -0.15) is 5.10 Å². The van der Waals surface area contributed by atoms with Crippen molar-refractivity contribution in [3.8, 4) is 0 Å². The number of nitrogens with zero attached hydrogens (tertiary/aromatic N) is 5. The zero-order valence-electron chi connectivity index (χ0n) is 14.6. The molecule has 2 amide bonds. The Hall–Kier alpha value is -2.39. The predicted octanol–water partition coefficient (Wildman–Crippen LogP) is 1.18. The summed E-state index contributed by atoms with van der Waals surface area (Å²) in [5.74, 6) is 0.860. The second-order valence-electron chi connectivity index (χ2n) is 6.11. The van der Waals surface area contributed by atoms with E-state index in [4.69, 9.17) is 9.26 Å². The molecule has 2 aromatic heterocycles. The average Bonchev–Trinajstić information content (AvgIpc) is 3.22. The van der Waals surface area contributed by atoms with Gasteiger partial charge in [-0.05, 0) is 6.92 Å². The molecule has 3 rings (SSSR count). The van der Waals surface area contributed by atoms with Crippen molar-refractivity contribution in [1.82, 2.24) is 24.7 Å². The number of hydrogen-bond acceptors (Lipinski definition) is 6. The van der Waals surface area contributed by atoms with Crippen LogP contribution in [-0.2, 0) is 17.8 Å². The molecule has 1 fully saturated rings. The van der Waals surface area contributed by atoms with Gasteiger partial charge in [0.15, 0.2) is 5.76 Å². The quantitative estimate of drug-likeness (QED) is 0.843. The topological polar surface area (TPSA) is 88.7 Å². The van der Waals surface area contributed by atoms with Crippen LogP contribution in [0.1, 0.15) is 11.5 Å². The van der Waals surface area contributed by atoms with Gasteiger partial charge >= 0.3 is 6.03 Å². The molecule has 0 bridgehead atoms. The number of hydrogen-bond donors (Lipinski definition) is 1. The minimum atomic E-state index is -0.0959. The van der Waals surface area contributed by atoms with E-state index in [1.54, 1.807) is 24.2 Å². The summed E-state index contributed by atoms with van der Waals surface area (Å²) in [5.41, 5.74) is 1.58. The molecule has 9 heteroatoms. The van der Waals surface area contributed by atoms with Crippen molar-refractivity contribution in [2.45, 2.75) is 20.0 Å². The molecule has 1 N–H and O–H groups in total. The largest absolute Gasteiger partial charge is 0.383 e. The SMILES string of the molecule is COCCn1cc(NC(=O)N2CCN(Cc3cc(C)no3)CC2)cn1. The van der Waals surface area contributed by atoms with Gasteiger partial charge in [0.05, 0.1) is 37.3 Å². The van der Waals surface area contributed by atoms with E-state index >= 15 is 0 Å². The van der Waals surface area contributed by atoms with Crippen molar-refractivity contribution in [2.24, 2.45) is 0 Å². The number of nitrogens with one attached hydrogen (secondary N) is 1. The first-order chi connectivity index (χ1) is 12.1. The highest BCUT2D eigenvalue weighted by atomic mass is 16.5. The molecular weight excluding hydrogens is 324 g/mol. The van der Waals surface area contributed by atoms with Crippen LogP contribution in [0.3, 0.4) is 0 Å². The van der Waals surface area contributed by atoms with Gasteiger partial charge in [0, 0.05) is 45.6 Å². The molecule has 1 aliphatic heterocycles. The lowest BCUT2D eigenvalue weighted by molar-refractivity contribution is 0.134. The first-order valence-corrected chi connectivity index (χ1v) is 8.36. The number of methoxy groups -OCH3 is 1. The maximum absolute atomic E-state index is 12.4. The first kappa shape index (κ1) is 17.4. The fourth-order valence-corrected chi connectivity index (χ4v) is 2.76. The Balaban J connectivity index is 1.44. The van der Waals surface area contributed by atoms with Gasteiger partial charge in [0.2, 0.25) is 0 Å². The van der Waals surface area contributed by atoms with Crippen LogP contribution < -0.4 is 5.32 Å². The molecule has 0 aliphatic carbocycles. The highest BCUT2D eigenvalue weighted by molar-refractivity contribution is 5.89. The number of carbonyl (C=O) groups is 1. The normalized spacial score (nSPS) is 15.5. The lowest BCUT2D eigenvalue weighted by Crippen LogP contribution is -2.49. The zero-order chi connectivity index (χ0) is 17.6. The zero-order valence-corrected chi connectivity index (χ0v) is 14.6. The van der Waals surface area contributed by atoms with E-state index in [2.05, 4.69) is 20.5 Å². The van der Waals surface area contributed by atoms with Gasteiger partial charge in [-0.1, -0.05) is 5.16 Å². The van der Waals surface area contributed by atoms with Crippen molar-refractivity contribution >= 4 is 11.7 Å². The lowest BCUT2D eigenvalue weighted by atomic mass is 10.3. The number of carbonyl (C=O) groups excluding carboxylic acids is 1. The van der Waals surface area contributed by atoms with Crippen molar-refractivity contribution < 1.29 is 14.1 Å². The number of aromatic nitrogens is 3. The molecule has 2 aromatic rings. The van der Waals surface area contributed by atoms with Gasteiger partial charge in [-0.15, -0.1) is 0 Å². The summed E-state index contributed by atoms with van der Waals surface area (Å²) in [6.45, 7) is 6.84. The van der Waals surface area contributed by atoms with Gasteiger partial charge < -0.3 is 19.5 Å².